The number of carbonyl (C=O) groups is 2. The number of carbonyl (C=O) groups excluding carboxylic acids is 2. The molecule has 3 aromatic rings. The lowest BCUT2D eigenvalue weighted by atomic mass is 10.1. The predicted octanol–water partition coefficient (Wildman–Crippen LogP) is 4.32. The fourth-order valence-corrected chi connectivity index (χ4v) is 4.99. The number of allylic oxidation sites excluding steroid dienone is 1. The van der Waals surface area contributed by atoms with E-state index in [9.17, 15) is 14.4 Å². The minimum absolute atomic E-state index is 0.0568. The highest BCUT2D eigenvalue weighted by Gasteiger charge is 2.18. The van der Waals surface area contributed by atoms with Gasteiger partial charge in [-0.05, 0) is 44.9 Å². The number of anilines is 1. The third-order valence-corrected chi connectivity index (χ3v) is 6.86. The SMILES string of the molecule is C=CCn1c(SCC(=O)NC(=O)Nc2ccc(C)cc2C)nc2sc(C)c(C)c2c1=O. The quantitative estimate of drug-likeness (QED) is 0.327. The van der Waals surface area contributed by atoms with Gasteiger partial charge in [-0.25, -0.2) is 9.78 Å². The Morgan fingerprint density at radius 2 is 2.00 bits per heavy atom. The summed E-state index contributed by atoms with van der Waals surface area (Å²) in [5.74, 6) is -0.538. The molecule has 9 heteroatoms. The second kappa shape index (κ2) is 9.49. The van der Waals surface area contributed by atoms with Crippen LogP contribution in [0.4, 0.5) is 10.5 Å². The molecule has 0 aliphatic rings. The van der Waals surface area contributed by atoms with Gasteiger partial charge in [-0.3, -0.25) is 19.5 Å². The molecule has 3 rings (SSSR count). The average Bonchev–Trinajstić information content (AvgIpc) is 2.99. The van der Waals surface area contributed by atoms with Crippen molar-refractivity contribution in [1.82, 2.24) is 14.9 Å². The summed E-state index contributed by atoms with van der Waals surface area (Å²) < 4.78 is 1.50. The molecule has 162 valence electrons. The number of hydrogen-bond acceptors (Lipinski definition) is 6. The average molecular weight is 457 g/mol. The lowest BCUT2D eigenvalue weighted by molar-refractivity contribution is -0.117. The second-order valence-corrected chi connectivity index (χ2v) is 9.32. The van der Waals surface area contributed by atoms with Gasteiger partial charge in [-0.15, -0.1) is 17.9 Å². The highest BCUT2D eigenvalue weighted by atomic mass is 32.2. The van der Waals surface area contributed by atoms with Crippen LogP contribution >= 0.6 is 23.1 Å². The summed E-state index contributed by atoms with van der Waals surface area (Å²) in [7, 11) is 0. The number of thioether (sulfide) groups is 1. The van der Waals surface area contributed by atoms with Gasteiger partial charge in [0.2, 0.25) is 5.91 Å². The molecule has 31 heavy (non-hydrogen) atoms. The predicted molar refractivity (Wildman–Crippen MR) is 127 cm³/mol. The van der Waals surface area contributed by atoms with Gasteiger partial charge in [0.1, 0.15) is 4.83 Å². The highest BCUT2D eigenvalue weighted by molar-refractivity contribution is 7.99. The van der Waals surface area contributed by atoms with Gasteiger partial charge in [0.25, 0.3) is 5.56 Å². The van der Waals surface area contributed by atoms with Crippen molar-refractivity contribution in [2.45, 2.75) is 39.4 Å². The zero-order valence-electron chi connectivity index (χ0n) is 17.9. The third-order valence-electron chi connectivity index (χ3n) is 4.78. The first-order valence-electron chi connectivity index (χ1n) is 9.63. The highest BCUT2D eigenvalue weighted by Crippen LogP contribution is 2.28. The van der Waals surface area contributed by atoms with Gasteiger partial charge in [0.15, 0.2) is 5.16 Å². The lowest BCUT2D eigenvalue weighted by Crippen LogP contribution is -2.35. The fourth-order valence-electron chi connectivity index (χ4n) is 3.11. The summed E-state index contributed by atoms with van der Waals surface area (Å²) in [5.41, 5.74) is 3.40. The zero-order valence-corrected chi connectivity index (χ0v) is 19.5. The molecular weight excluding hydrogens is 432 g/mol. The van der Waals surface area contributed by atoms with Gasteiger partial charge in [0.05, 0.1) is 11.1 Å². The zero-order chi connectivity index (χ0) is 22.7. The molecule has 0 saturated heterocycles. The van der Waals surface area contributed by atoms with Crippen LogP contribution in [0.15, 0.2) is 40.8 Å². The molecule has 0 atom stereocenters. The van der Waals surface area contributed by atoms with E-state index in [2.05, 4.69) is 22.2 Å². The van der Waals surface area contributed by atoms with Gasteiger partial charge < -0.3 is 5.32 Å². The number of aryl methyl sites for hydroxylation is 4. The number of amides is 3. The lowest BCUT2D eigenvalue weighted by Gasteiger charge is -2.11. The van der Waals surface area contributed by atoms with Crippen molar-refractivity contribution in [2.75, 3.05) is 11.1 Å². The van der Waals surface area contributed by atoms with Crippen LogP contribution < -0.4 is 16.2 Å². The molecule has 3 amide bonds. The van der Waals surface area contributed by atoms with Gasteiger partial charge >= 0.3 is 6.03 Å². The van der Waals surface area contributed by atoms with Crippen LogP contribution in [0.1, 0.15) is 21.6 Å². The van der Waals surface area contributed by atoms with Crippen LogP contribution in [-0.2, 0) is 11.3 Å². The van der Waals surface area contributed by atoms with Crippen LogP contribution in [-0.4, -0.2) is 27.2 Å². The molecule has 0 radical (unpaired) electrons. The van der Waals surface area contributed by atoms with Crippen LogP contribution in [0.2, 0.25) is 0 Å². The molecule has 0 bridgehead atoms. The van der Waals surface area contributed by atoms with Crippen molar-refractivity contribution < 1.29 is 9.59 Å². The van der Waals surface area contributed by atoms with Crippen LogP contribution in [0.3, 0.4) is 0 Å². The van der Waals surface area contributed by atoms with E-state index < -0.39 is 11.9 Å². The smallest absolute Gasteiger partial charge is 0.307 e. The topological polar surface area (TPSA) is 93.1 Å². The van der Waals surface area contributed by atoms with Crippen molar-refractivity contribution in [3.05, 3.63) is 62.8 Å². The van der Waals surface area contributed by atoms with E-state index in [0.29, 0.717) is 21.1 Å². The number of nitrogens with zero attached hydrogens (tertiary/aromatic N) is 2. The molecule has 0 fully saturated rings. The van der Waals surface area contributed by atoms with E-state index in [-0.39, 0.29) is 17.9 Å². The molecule has 2 aromatic heterocycles. The van der Waals surface area contributed by atoms with E-state index in [1.165, 1.54) is 15.9 Å². The first-order valence-corrected chi connectivity index (χ1v) is 11.4. The Bertz CT molecular complexity index is 1240. The fraction of sp³-hybridized carbons (Fsp3) is 0.273. The molecule has 0 aliphatic carbocycles. The maximum atomic E-state index is 13.0. The van der Waals surface area contributed by atoms with E-state index in [0.717, 1.165) is 33.3 Å². The maximum Gasteiger partial charge on any atom is 0.325 e. The number of hydrogen-bond donors (Lipinski definition) is 2. The Morgan fingerprint density at radius 1 is 1.26 bits per heavy atom. The molecule has 0 aliphatic heterocycles. The molecule has 0 saturated carbocycles. The van der Waals surface area contributed by atoms with Crippen LogP contribution in [0, 0.1) is 27.7 Å². The summed E-state index contributed by atoms with van der Waals surface area (Å²) in [6, 6.07) is 5.02. The number of fused-ring (bicyclic) bond motifs is 1. The minimum Gasteiger partial charge on any atom is -0.307 e. The molecular formula is C22H24N4O3S2. The van der Waals surface area contributed by atoms with Gasteiger partial charge in [-0.1, -0.05) is 35.5 Å². The van der Waals surface area contributed by atoms with E-state index >= 15 is 0 Å². The molecule has 2 heterocycles. The third kappa shape index (κ3) is 5.05. The molecule has 0 unspecified atom stereocenters. The first kappa shape index (κ1) is 22.8. The standard InChI is InChI=1S/C22H24N4O3S2/c1-6-9-26-20(28)18-14(4)15(5)31-19(18)25-22(26)30-11-17(27)24-21(29)23-16-8-7-12(2)10-13(16)3/h6-8,10H,1,9,11H2,2-5H3,(H2,23,24,27,29). The minimum atomic E-state index is -0.603. The van der Waals surface area contributed by atoms with E-state index in [1.54, 1.807) is 12.1 Å². The Hall–Kier alpha value is -2.91. The van der Waals surface area contributed by atoms with E-state index in [1.807, 2.05) is 39.8 Å². The van der Waals surface area contributed by atoms with Crippen molar-refractivity contribution in [1.29, 1.82) is 0 Å². The number of urea groups is 1. The number of benzene rings is 1. The number of imide groups is 1. The van der Waals surface area contributed by atoms with Crippen LogP contribution in [0.25, 0.3) is 10.2 Å². The molecule has 1 aromatic carbocycles. The van der Waals surface area contributed by atoms with Crippen molar-refractivity contribution >= 4 is 50.9 Å². The summed E-state index contributed by atoms with van der Waals surface area (Å²) in [6.45, 7) is 11.7. The van der Waals surface area contributed by atoms with E-state index in [4.69, 9.17) is 0 Å². The summed E-state index contributed by atoms with van der Waals surface area (Å²) >= 11 is 2.57. The Balaban J connectivity index is 1.72. The van der Waals surface area contributed by atoms with Gasteiger partial charge in [0, 0.05) is 17.1 Å². The largest absolute Gasteiger partial charge is 0.325 e. The van der Waals surface area contributed by atoms with Crippen molar-refractivity contribution in [2.24, 2.45) is 0 Å². The molecule has 0 spiro atoms. The second-order valence-electron chi connectivity index (χ2n) is 7.17. The normalized spacial score (nSPS) is 10.8. The molecule has 7 nitrogen and oxygen atoms in total. The number of aromatic nitrogens is 2. The first-order chi connectivity index (χ1) is 14.7. The molecule has 2 N–H and O–H groups in total. The Kier molecular flexibility index (Phi) is 6.97. The van der Waals surface area contributed by atoms with Crippen LogP contribution in [0.5, 0.6) is 0 Å². The Morgan fingerprint density at radius 3 is 2.68 bits per heavy atom. The number of thiophene rings is 1. The number of rotatable bonds is 6. The number of nitrogens with one attached hydrogen (secondary N) is 2. The summed E-state index contributed by atoms with van der Waals surface area (Å²) in [4.78, 5) is 43.7. The maximum absolute atomic E-state index is 13.0. The van der Waals surface area contributed by atoms with Crippen molar-refractivity contribution in [3.63, 3.8) is 0 Å². The monoisotopic (exact) mass is 456 g/mol. The van der Waals surface area contributed by atoms with Gasteiger partial charge in [-0.2, -0.15) is 0 Å². The summed E-state index contributed by atoms with van der Waals surface area (Å²) in [5, 5.41) is 6.02. The van der Waals surface area contributed by atoms with Crippen molar-refractivity contribution in [3.8, 4) is 0 Å². The summed E-state index contributed by atoms with van der Waals surface area (Å²) in [6.07, 6.45) is 1.62. The Labute approximate surface area is 188 Å².